The highest BCUT2D eigenvalue weighted by molar-refractivity contribution is 6.31. The van der Waals surface area contributed by atoms with Gasteiger partial charge in [-0.2, -0.15) is 0 Å². The summed E-state index contributed by atoms with van der Waals surface area (Å²) in [5, 5.41) is -0.434. The summed E-state index contributed by atoms with van der Waals surface area (Å²) in [6, 6.07) is 0.0144. The standard InChI is InChI=1S/C13H22Cl4N2/c14-10-6(1-3-8(18)12(10)16)5-7-2-4-9(19)13(17)11(7)15/h6-13H,1-5,18-19H2. The van der Waals surface area contributed by atoms with Gasteiger partial charge in [0, 0.05) is 12.1 Å². The normalized spacial score (nSPS) is 52.1. The Hall–Kier alpha value is 1.08. The Bertz CT molecular complexity index is 276. The van der Waals surface area contributed by atoms with Crippen molar-refractivity contribution >= 4 is 46.4 Å². The molecule has 0 aromatic heterocycles. The van der Waals surface area contributed by atoms with Crippen molar-refractivity contribution in [1.82, 2.24) is 0 Å². The third-order valence-corrected chi connectivity index (χ3v) is 7.38. The largest absolute Gasteiger partial charge is 0.326 e. The molecule has 4 N–H and O–H groups in total. The van der Waals surface area contributed by atoms with E-state index in [0.29, 0.717) is 11.8 Å². The Balaban J connectivity index is 1.94. The second-order valence-electron chi connectivity index (χ2n) is 6.02. The van der Waals surface area contributed by atoms with E-state index in [-0.39, 0.29) is 33.6 Å². The topological polar surface area (TPSA) is 52.0 Å². The summed E-state index contributed by atoms with van der Waals surface area (Å²) in [6.07, 6.45) is 4.90. The first-order valence-electron chi connectivity index (χ1n) is 6.99. The van der Waals surface area contributed by atoms with E-state index in [4.69, 9.17) is 57.9 Å². The average molecular weight is 348 g/mol. The molecular formula is C13H22Cl4N2. The van der Waals surface area contributed by atoms with Crippen LogP contribution in [0.25, 0.3) is 0 Å². The van der Waals surface area contributed by atoms with Gasteiger partial charge in [0.15, 0.2) is 0 Å². The van der Waals surface area contributed by atoms with E-state index in [2.05, 4.69) is 0 Å². The van der Waals surface area contributed by atoms with Gasteiger partial charge in [-0.25, -0.2) is 0 Å². The van der Waals surface area contributed by atoms with Crippen LogP contribution in [-0.4, -0.2) is 33.6 Å². The quantitative estimate of drug-likeness (QED) is 0.753. The Morgan fingerprint density at radius 3 is 1.37 bits per heavy atom. The molecule has 0 saturated heterocycles. The van der Waals surface area contributed by atoms with E-state index in [1.165, 1.54) is 0 Å². The first-order valence-corrected chi connectivity index (χ1v) is 8.73. The van der Waals surface area contributed by atoms with Crippen molar-refractivity contribution in [3.8, 4) is 0 Å². The molecule has 19 heavy (non-hydrogen) atoms. The highest BCUT2D eigenvalue weighted by Crippen LogP contribution is 2.41. The average Bonchev–Trinajstić information content (AvgIpc) is 2.39. The van der Waals surface area contributed by atoms with Crippen molar-refractivity contribution in [3.63, 3.8) is 0 Å². The number of hydrogen-bond donors (Lipinski definition) is 2. The van der Waals surface area contributed by atoms with Crippen molar-refractivity contribution in [2.45, 2.75) is 65.7 Å². The number of nitrogens with two attached hydrogens (primary N) is 2. The molecule has 0 radical (unpaired) electrons. The van der Waals surface area contributed by atoms with E-state index < -0.39 is 0 Å². The lowest BCUT2D eigenvalue weighted by Gasteiger charge is -2.41. The van der Waals surface area contributed by atoms with Gasteiger partial charge in [0.2, 0.25) is 0 Å². The molecule has 2 rings (SSSR count). The van der Waals surface area contributed by atoms with Gasteiger partial charge in [-0.3, -0.25) is 0 Å². The molecule has 2 saturated carbocycles. The molecule has 2 fully saturated rings. The lowest BCUT2D eigenvalue weighted by Crippen LogP contribution is -2.48. The molecule has 0 aromatic carbocycles. The number of hydrogen-bond acceptors (Lipinski definition) is 2. The molecule has 2 nitrogen and oxygen atoms in total. The van der Waals surface area contributed by atoms with Crippen LogP contribution in [0.3, 0.4) is 0 Å². The molecule has 8 atom stereocenters. The van der Waals surface area contributed by atoms with Crippen LogP contribution < -0.4 is 11.5 Å². The maximum Gasteiger partial charge on any atom is 0.0653 e. The SMILES string of the molecule is NC1CCC(CC2CCC(N)C(Cl)C2Cl)C(Cl)C1Cl. The lowest BCUT2D eigenvalue weighted by atomic mass is 9.75. The van der Waals surface area contributed by atoms with Crippen molar-refractivity contribution in [3.05, 3.63) is 0 Å². The van der Waals surface area contributed by atoms with Gasteiger partial charge >= 0.3 is 0 Å². The molecule has 0 amide bonds. The first-order chi connectivity index (χ1) is 8.91. The van der Waals surface area contributed by atoms with Gasteiger partial charge in [0.05, 0.1) is 21.5 Å². The number of alkyl halides is 4. The molecule has 0 aromatic rings. The van der Waals surface area contributed by atoms with E-state index in [0.717, 1.165) is 32.1 Å². The number of rotatable bonds is 2. The van der Waals surface area contributed by atoms with E-state index in [9.17, 15) is 0 Å². The molecule has 2 aliphatic rings. The minimum absolute atomic E-state index is 0.00719. The van der Waals surface area contributed by atoms with Gasteiger partial charge in [-0.15, -0.1) is 46.4 Å². The molecule has 0 aliphatic heterocycles. The van der Waals surface area contributed by atoms with Crippen LogP contribution in [0.15, 0.2) is 0 Å². The highest BCUT2D eigenvalue weighted by Gasteiger charge is 2.41. The van der Waals surface area contributed by atoms with Crippen LogP contribution in [0.4, 0.5) is 0 Å². The lowest BCUT2D eigenvalue weighted by molar-refractivity contribution is 0.236. The summed E-state index contributed by atoms with van der Waals surface area (Å²) >= 11 is 25.5. The minimum atomic E-state index is -0.146. The van der Waals surface area contributed by atoms with Gasteiger partial charge in [0.25, 0.3) is 0 Å². The van der Waals surface area contributed by atoms with Gasteiger partial charge in [-0.05, 0) is 43.9 Å². The summed E-state index contributed by atoms with van der Waals surface area (Å²) in [6.45, 7) is 0. The molecule has 0 heterocycles. The zero-order chi connectivity index (χ0) is 14.2. The molecule has 112 valence electrons. The Morgan fingerprint density at radius 1 is 0.632 bits per heavy atom. The fourth-order valence-electron chi connectivity index (χ4n) is 3.33. The van der Waals surface area contributed by atoms with Crippen molar-refractivity contribution < 1.29 is 0 Å². The summed E-state index contributed by atoms with van der Waals surface area (Å²) in [5.74, 6) is 0.766. The van der Waals surface area contributed by atoms with Crippen LogP contribution >= 0.6 is 46.4 Å². The second kappa shape index (κ2) is 6.89. The maximum atomic E-state index is 6.45. The van der Waals surface area contributed by atoms with Crippen LogP contribution in [0.2, 0.25) is 0 Å². The molecule has 0 bridgehead atoms. The molecule has 8 unspecified atom stereocenters. The Morgan fingerprint density at radius 2 is 1.00 bits per heavy atom. The summed E-state index contributed by atoms with van der Waals surface area (Å²) in [7, 11) is 0. The zero-order valence-electron chi connectivity index (χ0n) is 10.8. The maximum absolute atomic E-state index is 6.45. The fraction of sp³-hybridized carbons (Fsp3) is 1.00. The molecule has 6 heteroatoms. The third kappa shape index (κ3) is 3.64. The summed E-state index contributed by atoms with van der Waals surface area (Å²) in [5.41, 5.74) is 11.9. The highest BCUT2D eigenvalue weighted by atomic mass is 35.5. The third-order valence-electron chi connectivity index (χ3n) is 4.67. The monoisotopic (exact) mass is 346 g/mol. The first kappa shape index (κ1) is 16.5. The summed E-state index contributed by atoms with van der Waals surface area (Å²) < 4.78 is 0. The molecule has 0 spiro atoms. The van der Waals surface area contributed by atoms with Crippen molar-refractivity contribution in [2.24, 2.45) is 23.3 Å². The van der Waals surface area contributed by atoms with Gasteiger partial charge in [-0.1, -0.05) is 0 Å². The molecule has 2 aliphatic carbocycles. The minimum Gasteiger partial charge on any atom is -0.326 e. The predicted octanol–water partition coefficient (Wildman–Crippen LogP) is 3.28. The van der Waals surface area contributed by atoms with Gasteiger partial charge in [0.1, 0.15) is 0 Å². The van der Waals surface area contributed by atoms with E-state index in [1.54, 1.807) is 0 Å². The fourth-order valence-corrected chi connectivity index (χ4v) is 4.82. The summed E-state index contributed by atoms with van der Waals surface area (Å²) in [4.78, 5) is 0. The van der Waals surface area contributed by atoms with E-state index in [1.807, 2.05) is 0 Å². The van der Waals surface area contributed by atoms with Crippen LogP contribution in [0.5, 0.6) is 0 Å². The Labute approximate surface area is 135 Å². The zero-order valence-corrected chi connectivity index (χ0v) is 13.8. The smallest absolute Gasteiger partial charge is 0.0653 e. The predicted molar refractivity (Wildman–Crippen MR) is 84.6 cm³/mol. The Kier molecular flexibility index (Phi) is 5.97. The van der Waals surface area contributed by atoms with Crippen molar-refractivity contribution in [1.29, 1.82) is 0 Å². The van der Waals surface area contributed by atoms with Crippen LogP contribution in [-0.2, 0) is 0 Å². The van der Waals surface area contributed by atoms with E-state index >= 15 is 0 Å². The molecular weight excluding hydrogens is 326 g/mol. The number of halogens is 4. The van der Waals surface area contributed by atoms with Crippen molar-refractivity contribution in [2.75, 3.05) is 0 Å². The van der Waals surface area contributed by atoms with Crippen LogP contribution in [0, 0.1) is 11.8 Å². The second-order valence-corrected chi connectivity index (χ2v) is 8.03. The van der Waals surface area contributed by atoms with Crippen LogP contribution in [0.1, 0.15) is 32.1 Å². The van der Waals surface area contributed by atoms with Gasteiger partial charge < -0.3 is 11.5 Å².